The number of nitrogens with two attached hydrogens (primary N) is 1. The van der Waals surface area contributed by atoms with E-state index in [1.54, 1.807) is 31.9 Å². The van der Waals surface area contributed by atoms with Crippen molar-refractivity contribution in [2.75, 3.05) is 19.8 Å². The van der Waals surface area contributed by atoms with Crippen LogP contribution < -0.4 is 5.73 Å². The predicted octanol–water partition coefficient (Wildman–Crippen LogP) is -0.296. The summed E-state index contributed by atoms with van der Waals surface area (Å²) in [6, 6.07) is 0. The van der Waals surface area contributed by atoms with Crippen LogP contribution in [0, 0.1) is 0 Å². The summed E-state index contributed by atoms with van der Waals surface area (Å²) in [6.07, 6.45) is 1.61. The fraction of sp³-hybridized carbons (Fsp3) is 0.429. The highest BCUT2D eigenvalue weighted by atomic mass is 16.2. The highest BCUT2D eigenvalue weighted by Gasteiger charge is 2.13. The molecule has 0 aliphatic rings. The van der Waals surface area contributed by atoms with E-state index in [4.69, 9.17) is 5.73 Å². The molecule has 0 unspecified atom stereocenters. The minimum atomic E-state index is -0.144. The molecule has 0 aromatic carbocycles. The van der Waals surface area contributed by atoms with E-state index in [-0.39, 0.29) is 5.91 Å². The Kier molecular flexibility index (Phi) is 2.03. The number of carbonyl (C=O) groups excluding carboxylic acids is 1. The zero-order valence-corrected chi connectivity index (χ0v) is 7.40. The molecule has 0 aliphatic heterocycles. The van der Waals surface area contributed by atoms with Gasteiger partial charge in [0, 0.05) is 27.3 Å². The van der Waals surface area contributed by atoms with E-state index in [1.807, 2.05) is 0 Å². The highest BCUT2D eigenvalue weighted by molar-refractivity contribution is 5.90. The molecule has 0 fully saturated rings. The molecule has 1 aromatic heterocycles. The number of anilines is 1. The molecule has 0 spiro atoms. The van der Waals surface area contributed by atoms with Gasteiger partial charge in [-0.1, -0.05) is 0 Å². The Morgan fingerprint density at radius 3 is 2.58 bits per heavy atom. The summed E-state index contributed by atoms with van der Waals surface area (Å²) in [4.78, 5) is 16.7. The summed E-state index contributed by atoms with van der Waals surface area (Å²) in [5.74, 6) is 0.578. The molecule has 66 valence electrons. The van der Waals surface area contributed by atoms with E-state index >= 15 is 0 Å². The smallest absolute Gasteiger partial charge is 0.289 e. The Labute approximate surface area is 70.8 Å². The van der Waals surface area contributed by atoms with Crippen LogP contribution in [0.4, 0.5) is 5.82 Å². The Bertz CT molecular complexity index is 302. The summed E-state index contributed by atoms with van der Waals surface area (Å²) in [5.41, 5.74) is 5.41. The van der Waals surface area contributed by atoms with Crippen molar-refractivity contribution in [3.63, 3.8) is 0 Å². The number of hydrogen-bond donors (Lipinski definition) is 1. The number of nitrogens with zero attached hydrogens (tertiary/aromatic N) is 3. The number of imidazole rings is 1. The molecule has 0 atom stereocenters. The normalized spacial score (nSPS) is 9.92. The number of carbonyl (C=O) groups is 1. The molecule has 12 heavy (non-hydrogen) atoms. The van der Waals surface area contributed by atoms with E-state index in [9.17, 15) is 4.79 Å². The number of aromatic nitrogens is 2. The lowest BCUT2D eigenvalue weighted by Crippen LogP contribution is -2.24. The van der Waals surface area contributed by atoms with Gasteiger partial charge in [0.2, 0.25) is 5.82 Å². The Morgan fingerprint density at radius 1 is 1.67 bits per heavy atom. The second-order valence-electron chi connectivity index (χ2n) is 2.80. The monoisotopic (exact) mass is 168 g/mol. The van der Waals surface area contributed by atoms with Gasteiger partial charge in [-0.05, 0) is 0 Å². The zero-order chi connectivity index (χ0) is 9.30. The maximum absolute atomic E-state index is 11.4. The van der Waals surface area contributed by atoms with E-state index in [1.165, 1.54) is 4.90 Å². The molecule has 1 amide bonds. The van der Waals surface area contributed by atoms with Gasteiger partial charge < -0.3 is 15.2 Å². The summed E-state index contributed by atoms with van der Waals surface area (Å²) >= 11 is 0. The molecular formula is C7H12N4O. The Morgan fingerprint density at radius 2 is 2.25 bits per heavy atom. The van der Waals surface area contributed by atoms with Crippen molar-refractivity contribution in [1.29, 1.82) is 0 Å². The molecular weight excluding hydrogens is 156 g/mol. The number of nitrogen functional groups attached to an aromatic ring is 1. The first-order valence-corrected chi connectivity index (χ1v) is 3.53. The molecule has 0 bridgehead atoms. The first kappa shape index (κ1) is 8.58. The number of amides is 1. The first-order valence-electron chi connectivity index (χ1n) is 3.53. The van der Waals surface area contributed by atoms with Gasteiger partial charge in [-0.2, -0.15) is 0 Å². The van der Waals surface area contributed by atoms with Crippen LogP contribution in [0.15, 0.2) is 6.20 Å². The van der Waals surface area contributed by atoms with Gasteiger partial charge in [0.05, 0.1) is 0 Å². The standard InChI is InChI=1S/C7H12N4O/c1-10(2)7(12)6-9-5(8)4-11(6)3/h4H,8H2,1-3H3. The summed E-state index contributed by atoms with van der Waals surface area (Å²) in [5, 5.41) is 0. The fourth-order valence-corrected chi connectivity index (χ4v) is 0.888. The van der Waals surface area contributed by atoms with Crippen molar-refractivity contribution in [3.05, 3.63) is 12.0 Å². The molecule has 5 heteroatoms. The van der Waals surface area contributed by atoms with Gasteiger partial charge in [-0.25, -0.2) is 4.98 Å². The second-order valence-corrected chi connectivity index (χ2v) is 2.80. The third kappa shape index (κ3) is 1.39. The van der Waals surface area contributed by atoms with Crippen LogP contribution in [-0.2, 0) is 7.05 Å². The molecule has 2 N–H and O–H groups in total. The average Bonchev–Trinajstić information content (AvgIpc) is 2.28. The van der Waals surface area contributed by atoms with E-state index in [2.05, 4.69) is 4.98 Å². The Hall–Kier alpha value is -1.52. The van der Waals surface area contributed by atoms with Crippen molar-refractivity contribution in [2.24, 2.45) is 7.05 Å². The number of aryl methyl sites for hydroxylation is 1. The number of hydrogen-bond acceptors (Lipinski definition) is 3. The molecule has 0 saturated heterocycles. The first-order chi connectivity index (χ1) is 5.52. The van der Waals surface area contributed by atoms with Gasteiger partial charge in [-0.3, -0.25) is 4.79 Å². The molecule has 0 saturated carbocycles. The second kappa shape index (κ2) is 2.84. The average molecular weight is 168 g/mol. The van der Waals surface area contributed by atoms with Crippen LogP contribution in [0.5, 0.6) is 0 Å². The van der Waals surface area contributed by atoms with Crippen LogP contribution in [0.3, 0.4) is 0 Å². The van der Waals surface area contributed by atoms with Crippen LogP contribution >= 0.6 is 0 Å². The molecule has 0 radical (unpaired) electrons. The van der Waals surface area contributed by atoms with Crippen molar-refractivity contribution >= 4 is 11.7 Å². The maximum Gasteiger partial charge on any atom is 0.289 e. The highest BCUT2D eigenvalue weighted by Crippen LogP contribution is 2.03. The van der Waals surface area contributed by atoms with E-state index in [0.717, 1.165) is 0 Å². The molecule has 5 nitrogen and oxygen atoms in total. The van der Waals surface area contributed by atoms with Gasteiger partial charge in [0.1, 0.15) is 5.82 Å². The van der Waals surface area contributed by atoms with Crippen molar-refractivity contribution in [2.45, 2.75) is 0 Å². The predicted molar refractivity (Wildman–Crippen MR) is 45.6 cm³/mol. The summed E-state index contributed by atoms with van der Waals surface area (Å²) in [7, 11) is 5.08. The molecule has 1 aromatic rings. The van der Waals surface area contributed by atoms with Crippen molar-refractivity contribution < 1.29 is 4.79 Å². The van der Waals surface area contributed by atoms with E-state index < -0.39 is 0 Å². The maximum atomic E-state index is 11.4. The van der Waals surface area contributed by atoms with Crippen LogP contribution in [0.2, 0.25) is 0 Å². The molecule has 0 aliphatic carbocycles. The lowest BCUT2D eigenvalue weighted by Gasteiger charge is -2.08. The zero-order valence-electron chi connectivity index (χ0n) is 7.40. The number of rotatable bonds is 1. The van der Waals surface area contributed by atoms with Gasteiger partial charge in [0.15, 0.2) is 0 Å². The minimum absolute atomic E-state index is 0.144. The topological polar surface area (TPSA) is 64.2 Å². The summed E-state index contributed by atoms with van der Waals surface area (Å²) < 4.78 is 1.61. The minimum Gasteiger partial charge on any atom is -0.382 e. The van der Waals surface area contributed by atoms with Crippen LogP contribution in [-0.4, -0.2) is 34.5 Å². The third-order valence-electron chi connectivity index (χ3n) is 1.49. The lowest BCUT2D eigenvalue weighted by molar-refractivity contribution is 0.0812. The fourth-order valence-electron chi connectivity index (χ4n) is 0.888. The van der Waals surface area contributed by atoms with E-state index in [0.29, 0.717) is 11.6 Å². The SMILES string of the molecule is CN(C)C(=O)c1nc(N)cn1C. The van der Waals surface area contributed by atoms with Gasteiger partial charge >= 0.3 is 0 Å². The Balaban J connectivity index is 3.02. The van der Waals surface area contributed by atoms with Gasteiger partial charge in [-0.15, -0.1) is 0 Å². The largest absolute Gasteiger partial charge is 0.382 e. The lowest BCUT2D eigenvalue weighted by atomic mass is 10.5. The quantitative estimate of drug-likeness (QED) is 0.626. The van der Waals surface area contributed by atoms with Crippen molar-refractivity contribution in [1.82, 2.24) is 14.5 Å². The third-order valence-corrected chi connectivity index (χ3v) is 1.49. The molecule has 1 rings (SSSR count). The van der Waals surface area contributed by atoms with Crippen LogP contribution in [0.25, 0.3) is 0 Å². The molecule has 1 heterocycles. The van der Waals surface area contributed by atoms with Crippen molar-refractivity contribution in [3.8, 4) is 0 Å². The summed E-state index contributed by atoms with van der Waals surface area (Å²) in [6.45, 7) is 0. The van der Waals surface area contributed by atoms with Crippen LogP contribution in [0.1, 0.15) is 10.6 Å². The van der Waals surface area contributed by atoms with Gasteiger partial charge in [0.25, 0.3) is 5.91 Å².